The van der Waals surface area contributed by atoms with Gasteiger partial charge in [-0.3, -0.25) is 4.79 Å². The zero-order valence-electron chi connectivity index (χ0n) is 19.2. The highest BCUT2D eigenvalue weighted by molar-refractivity contribution is 6.76. The van der Waals surface area contributed by atoms with Crippen molar-refractivity contribution in [2.45, 2.75) is 72.8 Å². The maximum Gasteiger partial charge on any atom is 0.247 e. The van der Waals surface area contributed by atoms with Crippen LogP contribution in [0.2, 0.25) is 25.7 Å². The second-order valence-electron chi connectivity index (χ2n) is 9.04. The fourth-order valence-electron chi connectivity index (χ4n) is 2.45. The SMILES string of the molecule is C=C(C)C[C@@H](OCOCC[Si](C)(C)C)[C@H](C)/C=C(C)/C=C/NC(=O)C=C(C)C. The van der Waals surface area contributed by atoms with E-state index in [-0.39, 0.29) is 17.9 Å². The molecule has 0 rings (SSSR count). The minimum atomic E-state index is -1.08. The molecule has 1 amide bonds. The quantitative estimate of drug-likeness (QED) is 0.104. The van der Waals surface area contributed by atoms with E-state index in [1.54, 1.807) is 12.3 Å². The molecule has 160 valence electrons. The summed E-state index contributed by atoms with van der Waals surface area (Å²) in [4.78, 5) is 11.6. The number of hydrogen-bond donors (Lipinski definition) is 1. The Morgan fingerprint density at radius 2 is 1.82 bits per heavy atom. The van der Waals surface area contributed by atoms with Crippen molar-refractivity contribution in [3.63, 3.8) is 0 Å². The first-order valence-electron chi connectivity index (χ1n) is 10.0. The number of hydrogen-bond acceptors (Lipinski definition) is 3. The molecule has 0 aliphatic rings. The number of carbonyl (C=O) groups excluding carboxylic acids is 1. The molecule has 0 bridgehead atoms. The number of amides is 1. The number of carbonyl (C=O) groups is 1. The molecule has 0 aromatic carbocycles. The Morgan fingerprint density at radius 1 is 1.18 bits per heavy atom. The summed E-state index contributed by atoms with van der Waals surface area (Å²) in [5, 5.41) is 2.74. The van der Waals surface area contributed by atoms with Gasteiger partial charge in [0.25, 0.3) is 0 Å². The van der Waals surface area contributed by atoms with E-state index in [1.807, 2.05) is 33.8 Å². The molecule has 0 saturated heterocycles. The molecule has 4 nitrogen and oxygen atoms in total. The molecular formula is C23H41NO3Si. The molecule has 0 aromatic rings. The molecule has 0 heterocycles. The summed E-state index contributed by atoms with van der Waals surface area (Å²) in [5.41, 5.74) is 3.13. The molecule has 0 aliphatic heterocycles. The average molecular weight is 408 g/mol. The van der Waals surface area contributed by atoms with Gasteiger partial charge in [0.15, 0.2) is 0 Å². The van der Waals surface area contributed by atoms with Gasteiger partial charge in [-0.15, -0.1) is 6.58 Å². The average Bonchev–Trinajstić information content (AvgIpc) is 2.51. The predicted molar refractivity (Wildman–Crippen MR) is 123 cm³/mol. The molecule has 0 aromatic heterocycles. The maximum atomic E-state index is 11.6. The van der Waals surface area contributed by atoms with Crippen LogP contribution in [0.5, 0.6) is 0 Å². The lowest BCUT2D eigenvalue weighted by atomic mass is 9.96. The Morgan fingerprint density at radius 3 is 2.36 bits per heavy atom. The first kappa shape index (κ1) is 26.6. The van der Waals surface area contributed by atoms with E-state index in [1.165, 1.54) is 0 Å². The lowest BCUT2D eigenvalue weighted by Crippen LogP contribution is -2.25. The molecule has 0 spiro atoms. The third-order valence-corrected chi connectivity index (χ3v) is 5.72. The largest absolute Gasteiger partial charge is 0.356 e. The zero-order valence-corrected chi connectivity index (χ0v) is 20.2. The van der Waals surface area contributed by atoms with Crippen molar-refractivity contribution in [2.75, 3.05) is 13.4 Å². The van der Waals surface area contributed by atoms with E-state index >= 15 is 0 Å². The van der Waals surface area contributed by atoms with Crippen molar-refractivity contribution in [1.82, 2.24) is 5.32 Å². The fourth-order valence-corrected chi connectivity index (χ4v) is 3.21. The highest BCUT2D eigenvalue weighted by Crippen LogP contribution is 2.19. The van der Waals surface area contributed by atoms with Crippen LogP contribution in [0.4, 0.5) is 0 Å². The third kappa shape index (κ3) is 15.6. The highest BCUT2D eigenvalue weighted by Gasteiger charge is 2.17. The van der Waals surface area contributed by atoms with Gasteiger partial charge in [-0.1, -0.05) is 49.4 Å². The summed E-state index contributed by atoms with van der Waals surface area (Å²) in [6, 6.07) is 1.14. The van der Waals surface area contributed by atoms with Crippen molar-refractivity contribution in [2.24, 2.45) is 5.92 Å². The molecule has 0 aliphatic carbocycles. The van der Waals surface area contributed by atoms with Crippen LogP contribution in [0.25, 0.3) is 0 Å². The smallest absolute Gasteiger partial charge is 0.247 e. The van der Waals surface area contributed by atoms with Crippen molar-refractivity contribution < 1.29 is 14.3 Å². The fraction of sp³-hybridized carbons (Fsp3) is 0.609. The molecular weight excluding hydrogens is 366 g/mol. The van der Waals surface area contributed by atoms with E-state index < -0.39 is 8.07 Å². The summed E-state index contributed by atoms with van der Waals surface area (Å²) in [6.07, 6.45) is 8.12. The number of rotatable bonds is 13. The lowest BCUT2D eigenvalue weighted by molar-refractivity contribution is -0.115. The second-order valence-corrected chi connectivity index (χ2v) is 14.7. The van der Waals surface area contributed by atoms with Crippen LogP contribution in [0, 0.1) is 5.92 Å². The van der Waals surface area contributed by atoms with Crippen molar-refractivity contribution in [3.8, 4) is 0 Å². The Kier molecular flexibility index (Phi) is 13.0. The van der Waals surface area contributed by atoms with Crippen molar-refractivity contribution >= 4 is 14.0 Å². The van der Waals surface area contributed by atoms with E-state index in [4.69, 9.17) is 9.47 Å². The van der Waals surface area contributed by atoms with Crippen LogP contribution in [-0.4, -0.2) is 33.5 Å². The highest BCUT2D eigenvalue weighted by atomic mass is 28.3. The standard InChI is InChI=1S/C23H41NO3Si/c1-18(2)14-22(27-17-26-12-13-28(7,8)9)21(6)16-20(5)10-11-24-23(25)15-19(3)4/h10-11,15-16,21-22H,1,12-14,17H2,2-9H3,(H,24,25)/b11-10+,20-16+/t21-,22-/m1/s1. The number of allylic oxidation sites excluding steroid dienone is 3. The number of nitrogens with one attached hydrogen (secondary N) is 1. The Labute approximate surface area is 173 Å². The van der Waals surface area contributed by atoms with Gasteiger partial charge in [-0.25, -0.2) is 0 Å². The zero-order chi connectivity index (χ0) is 21.7. The molecule has 2 atom stereocenters. The molecule has 0 unspecified atom stereocenters. The topological polar surface area (TPSA) is 47.6 Å². The predicted octanol–water partition coefficient (Wildman–Crippen LogP) is 5.83. The molecule has 0 fully saturated rings. The van der Waals surface area contributed by atoms with E-state index in [2.05, 4.69) is 44.5 Å². The van der Waals surface area contributed by atoms with E-state index in [0.717, 1.165) is 35.8 Å². The van der Waals surface area contributed by atoms with Crippen molar-refractivity contribution in [1.29, 1.82) is 0 Å². The maximum absolute atomic E-state index is 11.6. The van der Waals surface area contributed by atoms with Gasteiger partial charge >= 0.3 is 0 Å². The van der Waals surface area contributed by atoms with Crippen LogP contribution in [-0.2, 0) is 14.3 Å². The normalized spacial score (nSPS) is 14.6. The van der Waals surface area contributed by atoms with Gasteiger partial charge in [0.2, 0.25) is 5.91 Å². The van der Waals surface area contributed by atoms with Gasteiger partial charge < -0.3 is 14.8 Å². The first-order chi connectivity index (χ1) is 12.9. The molecule has 28 heavy (non-hydrogen) atoms. The van der Waals surface area contributed by atoms with Crippen LogP contribution in [0.1, 0.15) is 41.0 Å². The minimum Gasteiger partial charge on any atom is -0.356 e. The van der Waals surface area contributed by atoms with Crippen LogP contribution in [0.3, 0.4) is 0 Å². The summed E-state index contributed by atoms with van der Waals surface area (Å²) >= 11 is 0. The van der Waals surface area contributed by atoms with Gasteiger partial charge in [0.1, 0.15) is 6.79 Å². The Hall–Kier alpha value is -1.43. The molecule has 0 radical (unpaired) electrons. The molecule has 0 saturated carbocycles. The van der Waals surface area contributed by atoms with Gasteiger partial charge in [0.05, 0.1) is 6.10 Å². The van der Waals surface area contributed by atoms with Crippen molar-refractivity contribution in [3.05, 3.63) is 47.7 Å². The van der Waals surface area contributed by atoms with Crippen LogP contribution in [0.15, 0.2) is 47.7 Å². The summed E-state index contributed by atoms with van der Waals surface area (Å²) < 4.78 is 11.7. The van der Waals surface area contributed by atoms with Gasteiger partial charge in [-0.2, -0.15) is 0 Å². The van der Waals surface area contributed by atoms with Crippen LogP contribution >= 0.6 is 0 Å². The van der Waals surface area contributed by atoms with Gasteiger partial charge in [0, 0.05) is 32.9 Å². The summed E-state index contributed by atoms with van der Waals surface area (Å²) in [7, 11) is -1.08. The monoisotopic (exact) mass is 407 g/mol. The summed E-state index contributed by atoms with van der Waals surface area (Å²) in [5.74, 6) is 0.0893. The first-order valence-corrected chi connectivity index (χ1v) is 13.8. The Bertz CT molecular complexity index is 581. The van der Waals surface area contributed by atoms with Gasteiger partial charge in [-0.05, 0) is 46.2 Å². The third-order valence-electron chi connectivity index (χ3n) is 4.02. The second kappa shape index (κ2) is 13.7. The van der Waals surface area contributed by atoms with E-state index in [9.17, 15) is 4.79 Å². The minimum absolute atomic E-state index is 0.0213. The Balaban J connectivity index is 4.66. The number of ether oxygens (including phenoxy) is 2. The van der Waals surface area contributed by atoms with Crippen LogP contribution < -0.4 is 5.32 Å². The lowest BCUT2D eigenvalue weighted by Gasteiger charge is -2.23. The molecule has 1 N–H and O–H groups in total. The molecule has 5 heteroatoms. The van der Waals surface area contributed by atoms with E-state index in [0.29, 0.717) is 6.79 Å². The summed E-state index contributed by atoms with van der Waals surface area (Å²) in [6.45, 7) is 22.1.